The van der Waals surface area contributed by atoms with Gasteiger partial charge in [-0.3, -0.25) is 14.5 Å². The summed E-state index contributed by atoms with van der Waals surface area (Å²) in [6, 6.07) is 13.0. The molecule has 2 aliphatic rings. The van der Waals surface area contributed by atoms with Crippen LogP contribution in [0, 0.1) is 17.6 Å². The number of halogens is 2. The summed E-state index contributed by atoms with van der Waals surface area (Å²) < 4.78 is 32.7. The molecule has 1 aliphatic carbocycles. The predicted octanol–water partition coefficient (Wildman–Crippen LogP) is 4.22. The minimum atomic E-state index is -0.827. The Morgan fingerprint density at radius 2 is 1.82 bits per heavy atom. The van der Waals surface area contributed by atoms with Crippen LogP contribution in [0.3, 0.4) is 0 Å². The molecule has 5 rings (SSSR count). The molecule has 8 nitrogen and oxygen atoms in total. The number of carbonyl (C=O) groups excluding carboxylic acids is 2. The molecule has 1 saturated heterocycles. The Balaban J connectivity index is 1.32. The van der Waals surface area contributed by atoms with Crippen molar-refractivity contribution in [2.45, 2.75) is 56.7 Å². The van der Waals surface area contributed by atoms with Gasteiger partial charge >= 0.3 is 0 Å². The van der Waals surface area contributed by atoms with E-state index < -0.39 is 35.5 Å². The molecule has 212 valence electrons. The van der Waals surface area contributed by atoms with Gasteiger partial charge in [-0.25, -0.2) is 8.78 Å². The minimum Gasteiger partial charge on any atom is -0.394 e. The van der Waals surface area contributed by atoms with Crippen LogP contribution < -0.4 is 10.6 Å². The number of benzene rings is 2. The quantitative estimate of drug-likeness (QED) is 0.386. The Kier molecular flexibility index (Phi) is 8.86. The van der Waals surface area contributed by atoms with Gasteiger partial charge in [0.1, 0.15) is 11.6 Å². The maximum atomic E-state index is 14.2. The number of piperidine rings is 1. The zero-order valence-electron chi connectivity index (χ0n) is 22.2. The number of likely N-dealkylation sites (tertiary alicyclic amines) is 1. The van der Waals surface area contributed by atoms with Gasteiger partial charge in [0.15, 0.2) is 11.5 Å². The summed E-state index contributed by atoms with van der Waals surface area (Å²) >= 11 is 0. The monoisotopic (exact) mass is 552 g/mol. The number of nitrogens with zero attached hydrogens (tertiary/aromatic N) is 2. The van der Waals surface area contributed by atoms with E-state index in [9.17, 15) is 23.5 Å². The third-order valence-corrected chi connectivity index (χ3v) is 8.03. The fraction of sp³-hybridized carbons (Fsp3) is 0.433. The molecule has 0 radical (unpaired) electrons. The van der Waals surface area contributed by atoms with Crippen LogP contribution in [0.2, 0.25) is 0 Å². The van der Waals surface area contributed by atoms with Crippen molar-refractivity contribution in [2.75, 3.05) is 19.7 Å². The van der Waals surface area contributed by atoms with E-state index in [4.69, 9.17) is 4.52 Å². The lowest BCUT2D eigenvalue weighted by Crippen LogP contribution is -2.58. The van der Waals surface area contributed by atoms with Crippen molar-refractivity contribution in [3.8, 4) is 11.3 Å². The molecule has 2 aromatic carbocycles. The maximum absolute atomic E-state index is 14.2. The number of hydrogen-bond acceptors (Lipinski definition) is 6. The van der Waals surface area contributed by atoms with E-state index >= 15 is 0 Å². The molecule has 0 spiro atoms. The van der Waals surface area contributed by atoms with Crippen molar-refractivity contribution in [3.05, 3.63) is 77.5 Å². The van der Waals surface area contributed by atoms with Crippen LogP contribution in [0.15, 0.2) is 59.1 Å². The summed E-state index contributed by atoms with van der Waals surface area (Å²) in [4.78, 5) is 29.2. The zero-order chi connectivity index (χ0) is 28.1. The highest BCUT2D eigenvalue weighted by atomic mass is 19.1. The van der Waals surface area contributed by atoms with Gasteiger partial charge in [-0.15, -0.1) is 0 Å². The SMILES string of the molecule is O=C(N[C@@H]1CCN(C2CCCCC2)C[C@H]1C(=O)N[C@H](CO)c1ccccc1)c1cc(-c2ccc(F)cc2F)on1. The van der Waals surface area contributed by atoms with Crippen molar-refractivity contribution in [1.82, 2.24) is 20.7 Å². The molecule has 3 aromatic rings. The first kappa shape index (κ1) is 27.9. The first-order chi connectivity index (χ1) is 19.4. The van der Waals surface area contributed by atoms with Crippen molar-refractivity contribution < 1.29 is 28.0 Å². The Hall–Kier alpha value is -3.63. The van der Waals surface area contributed by atoms with Gasteiger partial charge in [-0.1, -0.05) is 54.8 Å². The summed E-state index contributed by atoms with van der Waals surface area (Å²) in [6.45, 7) is 0.971. The molecule has 10 heteroatoms. The van der Waals surface area contributed by atoms with Crippen LogP contribution in [-0.4, -0.2) is 58.8 Å². The first-order valence-electron chi connectivity index (χ1n) is 13.9. The van der Waals surface area contributed by atoms with Crippen LogP contribution >= 0.6 is 0 Å². The van der Waals surface area contributed by atoms with Crippen LogP contribution in [0.25, 0.3) is 11.3 Å². The van der Waals surface area contributed by atoms with Crippen molar-refractivity contribution in [1.29, 1.82) is 0 Å². The van der Waals surface area contributed by atoms with Crippen LogP contribution in [-0.2, 0) is 4.79 Å². The second kappa shape index (κ2) is 12.7. The first-order valence-corrected chi connectivity index (χ1v) is 13.9. The predicted molar refractivity (Wildman–Crippen MR) is 144 cm³/mol. The third-order valence-electron chi connectivity index (χ3n) is 8.03. The van der Waals surface area contributed by atoms with E-state index in [-0.39, 0.29) is 29.5 Å². The summed E-state index contributed by atoms with van der Waals surface area (Å²) in [5, 5.41) is 19.7. The van der Waals surface area contributed by atoms with Gasteiger partial charge < -0.3 is 20.3 Å². The average Bonchev–Trinajstić information content (AvgIpc) is 3.47. The third kappa shape index (κ3) is 6.39. The molecule has 3 N–H and O–H groups in total. The second-order valence-corrected chi connectivity index (χ2v) is 10.6. The van der Waals surface area contributed by atoms with Gasteiger partial charge in [-0.05, 0) is 37.0 Å². The lowest BCUT2D eigenvalue weighted by molar-refractivity contribution is -0.129. The summed E-state index contributed by atoms with van der Waals surface area (Å²) in [5.74, 6) is -2.91. The molecule has 1 aromatic heterocycles. The number of aliphatic hydroxyl groups is 1. The molecule has 2 heterocycles. The van der Waals surface area contributed by atoms with Crippen molar-refractivity contribution >= 4 is 11.8 Å². The van der Waals surface area contributed by atoms with Crippen molar-refractivity contribution in [3.63, 3.8) is 0 Å². The standard InChI is InChI=1S/C30H34F2N4O4/c31-20-11-12-22(24(32)15-20)28-16-26(35-40-28)30(39)33-25-13-14-36(21-9-5-2-6-10-21)17-23(25)29(38)34-27(18-37)19-7-3-1-4-8-19/h1,3-4,7-8,11-12,15-16,21,23,25,27,37H,2,5-6,9-10,13-14,17-18H2,(H,33,39)(H,34,38)/t23-,25-,27-/m1/s1. The highest BCUT2D eigenvalue weighted by Crippen LogP contribution is 2.29. The zero-order valence-corrected chi connectivity index (χ0v) is 22.2. The molecule has 1 aliphatic heterocycles. The summed E-state index contributed by atoms with van der Waals surface area (Å²) in [6.07, 6.45) is 6.31. The van der Waals surface area contributed by atoms with Gasteiger partial charge in [0, 0.05) is 37.3 Å². The van der Waals surface area contributed by atoms with Gasteiger partial charge in [0.25, 0.3) is 5.91 Å². The minimum absolute atomic E-state index is 0.00212. The van der Waals surface area contributed by atoms with E-state index in [0.717, 1.165) is 37.1 Å². The molecular formula is C30H34F2N4O4. The fourth-order valence-corrected chi connectivity index (χ4v) is 5.83. The van der Waals surface area contributed by atoms with E-state index in [0.29, 0.717) is 19.0 Å². The Morgan fingerprint density at radius 3 is 2.55 bits per heavy atom. The number of amides is 2. The van der Waals surface area contributed by atoms with E-state index in [1.807, 2.05) is 30.3 Å². The van der Waals surface area contributed by atoms with E-state index in [2.05, 4.69) is 20.7 Å². The molecule has 2 amide bonds. The van der Waals surface area contributed by atoms with E-state index in [1.54, 1.807) is 0 Å². The highest BCUT2D eigenvalue weighted by molar-refractivity contribution is 5.94. The Labute approximate surface area is 231 Å². The van der Waals surface area contributed by atoms with Crippen LogP contribution in [0.4, 0.5) is 8.78 Å². The molecular weight excluding hydrogens is 518 g/mol. The lowest BCUT2D eigenvalue weighted by atomic mass is 9.86. The van der Waals surface area contributed by atoms with Crippen molar-refractivity contribution in [2.24, 2.45) is 5.92 Å². The smallest absolute Gasteiger partial charge is 0.273 e. The molecule has 40 heavy (non-hydrogen) atoms. The highest BCUT2D eigenvalue weighted by Gasteiger charge is 2.39. The Bertz CT molecular complexity index is 1310. The number of carbonyl (C=O) groups is 2. The van der Waals surface area contributed by atoms with Crippen LogP contribution in [0.1, 0.15) is 60.6 Å². The Morgan fingerprint density at radius 1 is 1.05 bits per heavy atom. The molecule has 1 saturated carbocycles. The molecule has 3 atom stereocenters. The van der Waals surface area contributed by atoms with E-state index in [1.165, 1.54) is 31.4 Å². The molecule has 0 unspecified atom stereocenters. The second-order valence-electron chi connectivity index (χ2n) is 10.6. The van der Waals surface area contributed by atoms with Gasteiger partial charge in [-0.2, -0.15) is 0 Å². The molecule has 2 fully saturated rings. The number of nitrogens with one attached hydrogen (secondary N) is 2. The average molecular weight is 553 g/mol. The number of aliphatic hydroxyl groups excluding tert-OH is 1. The lowest BCUT2D eigenvalue weighted by Gasteiger charge is -2.43. The molecule has 0 bridgehead atoms. The fourth-order valence-electron chi connectivity index (χ4n) is 5.83. The van der Waals surface area contributed by atoms with Gasteiger partial charge in [0.05, 0.1) is 24.1 Å². The van der Waals surface area contributed by atoms with Gasteiger partial charge in [0.2, 0.25) is 5.91 Å². The number of rotatable bonds is 8. The largest absolute Gasteiger partial charge is 0.394 e. The number of hydrogen-bond donors (Lipinski definition) is 3. The maximum Gasteiger partial charge on any atom is 0.273 e. The normalized spacial score (nSPS) is 21.1. The number of aromatic nitrogens is 1. The topological polar surface area (TPSA) is 108 Å². The summed E-state index contributed by atoms with van der Waals surface area (Å²) in [7, 11) is 0. The summed E-state index contributed by atoms with van der Waals surface area (Å²) in [5.41, 5.74) is 0.717. The van der Waals surface area contributed by atoms with Crippen LogP contribution in [0.5, 0.6) is 0 Å².